The van der Waals surface area contributed by atoms with E-state index in [0.717, 1.165) is 17.7 Å². The molecule has 0 fully saturated rings. The van der Waals surface area contributed by atoms with Crippen LogP contribution < -0.4 is 15.4 Å². The van der Waals surface area contributed by atoms with Crippen LogP contribution in [0.4, 0.5) is 17.1 Å². The van der Waals surface area contributed by atoms with Crippen LogP contribution in [0.15, 0.2) is 36.4 Å². The average Bonchev–Trinajstić information content (AvgIpc) is 2.53. The highest BCUT2D eigenvalue weighted by atomic mass is 16.6. The summed E-state index contributed by atoms with van der Waals surface area (Å²) in [7, 11) is 1.66. The Bertz CT molecular complexity index is 731. The Labute approximate surface area is 128 Å². The molecule has 1 aliphatic rings. The van der Waals surface area contributed by atoms with E-state index in [1.54, 1.807) is 19.2 Å². The quantitative estimate of drug-likeness (QED) is 0.535. The van der Waals surface area contributed by atoms with E-state index in [2.05, 4.69) is 0 Å². The highest BCUT2D eigenvalue weighted by molar-refractivity contribution is 5.69. The summed E-state index contributed by atoms with van der Waals surface area (Å²) in [6, 6.07) is 10.6. The molecule has 6 nitrogen and oxygen atoms in total. The van der Waals surface area contributed by atoms with E-state index >= 15 is 0 Å². The molecule has 0 saturated heterocycles. The third-order valence-corrected chi connectivity index (χ3v) is 3.98. The first-order chi connectivity index (χ1) is 10.6. The number of rotatable bonds is 3. The summed E-state index contributed by atoms with van der Waals surface area (Å²) in [5.74, 6) is 0.874. The Kier molecular flexibility index (Phi) is 3.58. The zero-order chi connectivity index (χ0) is 15.7. The predicted molar refractivity (Wildman–Crippen MR) is 85.3 cm³/mol. The number of methoxy groups -OCH3 is 1. The van der Waals surface area contributed by atoms with Crippen LogP contribution in [0.2, 0.25) is 0 Å². The van der Waals surface area contributed by atoms with Gasteiger partial charge in [-0.25, -0.2) is 0 Å². The fourth-order valence-corrected chi connectivity index (χ4v) is 2.92. The maximum atomic E-state index is 11.2. The number of ether oxygens (including phenoxy) is 1. The number of nitrogen functional groups attached to an aromatic ring is 1. The monoisotopic (exact) mass is 299 g/mol. The van der Waals surface area contributed by atoms with Crippen LogP contribution in [-0.2, 0) is 13.0 Å². The van der Waals surface area contributed by atoms with E-state index in [9.17, 15) is 10.1 Å². The molecule has 2 aromatic rings. The molecular formula is C16H17N3O3. The Morgan fingerprint density at radius 2 is 2.14 bits per heavy atom. The molecule has 6 heteroatoms. The molecule has 0 bridgehead atoms. The molecular weight excluding hydrogens is 282 g/mol. The highest BCUT2D eigenvalue weighted by Gasteiger charge is 2.25. The number of fused-ring (bicyclic) bond motifs is 1. The van der Waals surface area contributed by atoms with Crippen molar-refractivity contribution in [3.63, 3.8) is 0 Å². The minimum atomic E-state index is -0.365. The maximum absolute atomic E-state index is 11.2. The van der Waals surface area contributed by atoms with Gasteiger partial charge < -0.3 is 15.4 Å². The molecule has 0 atom stereocenters. The van der Waals surface area contributed by atoms with Gasteiger partial charge in [0.1, 0.15) is 11.4 Å². The van der Waals surface area contributed by atoms with Crippen molar-refractivity contribution in [2.24, 2.45) is 0 Å². The molecule has 3 rings (SSSR count). The van der Waals surface area contributed by atoms with Crippen LogP contribution in [0.3, 0.4) is 0 Å². The van der Waals surface area contributed by atoms with Gasteiger partial charge in [-0.2, -0.15) is 0 Å². The van der Waals surface area contributed by atoms with Gasteiger partial charge in [0.05, 0.1) is 12.0 Å². The van der Waals surface area contributed by atoms with Gasteiger partial charge in [0.25, 0.3) is 5.69 Å². The molecule has 0 radical (unpaired) electrons. The summed E-state index contributed by atoms with van der Waals surface area (Å²) in [6.45, 7) is 1.30. The number of nitrogens with zero attached hydrogens (tertiary/aromatic N) is 2. The summed E-state index contributed by atoms with van der Waals surface area (Å²) in [4.78, 5) is 12.9. The van der Waals surface area contributed by atoms with Crippen LogP contribution in [0, 0.1) is 10.1 Å². The van der Waals surface area contributed by atoms with Crippen molar-refractivity contribution in [1.29, 1.82) is 0 Å². The summed E-state index contributed by atoms with van der Waals surface area (Å²) in [5.41, 5.74) is 9.28. The first-order valence-corrected chi connectivity index (χ1v) is 7.04. The van der Waals surface area contributed by atoms with Crippen molar-refractivity contribution in [1.82, 2.24) is 0 Å². The van der Waals surface area contributed by atoms with Crippen LogP contribution in [0.1, 0.15) is 11.1 Å². The molecule has 0 amide bonds. The lowest BCUT2D eigenvalue weighted by molar-refractivity contribution is -0.384. The second-order valence-corrected chi connectivity index (χ2v) is 5.27. The van der Waals surface area contributed by atoms with Crippen molar-refractivity contribution in [2.45, 2.75) is 13.0 Å². The molecule has 2 N–H and O–H groups in total. The van der Waals surface area contributed by atoms with E-state index in [4.69, 9.17) is 10.5 Å². The minimum absolute atomic E-state index is 0.0838. The van der Waals surface area contributed by atoms with Crippen molar-refractivity contribution < 1.29 is 9.66 Å². The Hall–Kier alpha value is -2.76. The number of nitro groups is 1. The minimum Gasteiger partial charge on any atom is -0.496 e. The van der Waals surface area contributed by atoms with E-state index in [1.807, 2.05) is 23.1 Å². The molecule has 0 aliphatic carbocycles. The fraction of sp³-hybridized carbons (Fsp3) is 0.250. The third-order valence-electron chi connectivity index (χ3n) is 3.98. The summed E-state index contributed by atoms with van der Waals surface area (Å²) < 4.78 is 5.39. The van der Waals surface area contributed by atoms with Gasteiger partial charge in [0.15, 0.2) is 0 Å². The Morgan fingerprint density at radius 1 is 1.32 bits per heavy atom. The smallest absolute Gasteiger partial charge is 0.292 e. The highest BCUT2D eigenvalue weighted by Crippen LogP contribution is 2.35. The van der Waals surface area contributed by atoms with Gasteiger partial charge in [0.2, 0.25) is 0 Å². The fourth-order valence-electron chi connectivity index (χ4n) is 2.92. The van der Waals surface area contributed by atoms with Crippen molar-refractivity contribution >= 4 is 17.1 Å². The standard InChI is InChI=1S/C16H17N3O3/c1-22-16-4-2-3-11-10-18(8-7-13(11)16)15-9-12(17)5-6-14(15)19(20)21/h2-6,9H,7-8,10,17H2,1H3. The van der Waals surface area contributed by atoms with Gasteiger partial charge in [-0.3, -0.25) is 10.1 Å². The first-order valence-electron chi connectivity index (χ1n) is 7.04. The normalized spacial score (nSPS) is 13.6. The van der Waals surface area contributed by atoms with Crippen LogP contribution in [0.25, 0.3) is 0 Å². The molecule has 1 heterocycles. The molecule has 114 valence electrons. The van der Waals surface area contributed by atoms with Crippen molar-refractivity contribution in [2.75, 3.05) is 24.3 Å². The topological polar surface area (TPSA) is 81.6 Å². The first kappa shape index (κ1) is 14.2. The third kappa shape index (κ3) is 2.43. The molecule has 0 unspecified atom stereocenters. The molecule has 1 aliphatic heterocycles. The number of hydrogen-bond donors (Lipinski definition) is 1. The lowest BCUT2D eigenvalue weighted by Gasteiger charge is -2.31. The van der Waals surface area contributed by atoms with Crippen molar-refractivity contribution in [3.8, 4) is 5.75 Å². The lowest BCUT2D eigenvalue weighted by Crippen LogP contribution is -2.31. The average molecular weight is 299 g/mol. The van der Waals surface area contributed by atoms with E-state index in [1.165, 1.54) is 11.6 Å². The lowest BCUT2D eigenvalue weighted by atomic mass is 9.98. The molecule has 0 saturated carbocycles. The van der Waals surface area contributed by atoms with Gasteiger partial charge >= 0.3 is 0 Å². The van der Waals surface area contributed by atoms with Crippen LogP contribution in [0.5, 0.6) is 5.75 Å². The SMILES string of the molecule is COc1cccc2c1CCN(c1cc(N)ccc1[N+](=O)[O-])C2. The zero-order valence-electron chi connectivity index (χ0n) is 12.3. The number of nitrogens with two attached hydrogens (primary N) is 1. The van der Waals surface area contributed by atoms with E-state index < -0.39 is 0 Å². The maximum Gasteiger partial charge on any atom is 0.292 e. The van der Waals surface area contributed by atoms with Crippen LogP contribution >= 0.6 is 0 Å². The van der Waals surface area contributed by atoms with E-state index in [-0.39, 0.29) is 10.6 Å². The van der Waals surface area contributed by atoms with Gasteiger partial charge in [-0.1, -0.05) is 12.1 Å². The summed E-state index contributed by atoms with van der Waals surface area (Å²) in [6.07, 6.45) is 0.783. The van der Waals surface area contributed by atoms with Crippen LogP contribution in [-0.4, -0.2) is 18.6 Å². The predicted octanol–water partition coefficient (Wildman–Crippen LogP) is 2.75. The molecule has 0 aromatic heterocycles. The summed E-state index contributed by atoms with van der Waals surface area (Å²) >= 11 is 0. The van der Waals surface area contributed by atoms with E-state index in [0.29, 0.717) is 24.5 Å². The van der Waals surface area contributed by atoms with Crippen molar-refractivity contribution in [3.05, 3.63) is 57.6 Å². The summed E-state index contributed by atoms with van der Waals surface area (Å²) in [5, 5.41) is 11.2. The molecule has 2 aromatic carbocycles. The Morgan fingerprint density at radius 3 is 2.86 bits per heavy atom. The number of hydrogen-bond acceptors (Lipinski definition) is 5. The number of benzene rings is 2. The Balaban J connectivity index is 1.99. The molecule has 22 heavy (non-hydrogen) atoms. The second-order valence-electron chi connectivity index (χ2n) is 5.27. The number of anilines is 2. The van der Waals surface area contributed by atoms with Gasteiger partial charge in [0, 0.05) is 30.4 Å². The second kappa shape index (κ2) is 5.55. The number of nitro benzene ring substituents is 1. The van der Waals surface area contributed by atoms with Gasteiger partial charge in [-0.15, -0.1) is 0 Å². The molecule has 0 spiro atoms. The zero-order valence-corrected chi connectivity index (χ0v) is 12.3. The van der Waals surface area contributed by atoms with Gasteiger partial charge in [-0.05, 0) is 30.2 Å². The largest absolute Gasteiger partial charge is 0.496 e.